The largest absolute Gasteiger partial charge is 0.481 e. The van der Waals surface area contributed by atoms with Gasteiger partial charge in [0.1, 0.15) is 0 Å². The molecule has 0 spiro atoms. The lowest BCUT2D eigenvalue weighted by atomic mass is 9.98. The van der Waals surface area contributed by atoms with Gasteiger partial charge in [-0.15, -0.1) is 0 Å². The Kier molecular flexibility index (Phi) is 18.9. The third kappa shape index (κ3) is 16.0. The summed E-state index contributed by atoms with van der Waals surface area (Å²) in [7, 11) is 0. The topological polar surface area (TPSA) is 196 Å². The lowest BCUT2D eigenvalue weighted by Crippen LogP contribution is -2.54. The number of benzene rings is 2. The number of nitrogens with zero attached hydrogens (tertiary/aromatic N) is 3. The summed E-state index contributed by atoms with van der Waals surface area (Å²) in [4.78, 5) is 64.7. The second-order valence-corrected chi connectivity index (χ2v) is 13.2. The molecule has 2 atom stereocenters. The lowest BCUT2D eigenvalue weighted by Gasteiger charge is -2.38. The fourth-order valence-corrected chi connectivity index (χ4v) is 6.28. The highest BCUT2D eigenvalue weighted by Gasteiger charge is 2.34. The average molecular weight is 714 g/mol. The third-order valence-electron chi connectivity index (χ3n) is 9.05. The fraction of sp³-hybridized carbons (Fsp3) is 0.553. The average Bonchev–Trinajstić information content (AvgIpc) is 3.06. The van der Waals surface area contributed by atoms with Crippen LogP contribution < -0.4 is 0 Å². The summed E-state index contributed by atoms with van der Waals surface area (Å²) in [5.41, 5.74) is 4.03. The zero-order valence-electron chi connectivity index (χ0n) is 30.1. The molecule has 0 aliphatic rings. The van der Waals surface area contributed by atoms with E-state index in [2.05, 4.69) is 13.8 Å². The van der Waals surface area contributed by atoms with Crippen LogP contribution in [-0.2, 0) is 49.7 Å². The predicted molar refractivity (Wildman–Crippen MR) is 192 cm³/mol. The smallest absolute Gasteiger partial charge is 0.319 e. The van der Waals surface area contributed by atoms with E-state index >= 15 is 0 Å². The maximum atomic E-state index is 12.2. The normalized spacial score (nSPS) is 12.8. The molecule has 0 heterocycles. The number of unbranched alkanes of at least 4 members (excludes halogenated alkanes) is 2. The second-order valence-electron chi connectivity index (χ2n) is 13.2. The van der Waals surface area contributed by atoms with E-state index in [9.17, 15) is 49.5 Å². The van der Waals surface area contributed by atoms with E-state index < -0.39 is 67.5 Å². The molecule has 13 heteroatoms. The number of hydrogen-bond acceptors (Lipinski definition) is 8. The van der Waals surface area contributed by atoms with Crippen LogP contribution in [0.15, 0.2) is 48.5 Å². The zero-order chi connectivity index (χ0) is 37.9. The molecule has 0 amide bonds. The van der Waals surface area contributed by atoms with Crippen LogP contribution in [0.4, 0.5) is 0 Å². The first kappa shape index (κ1) is 42.8. The molecule has 13 nitrogen and oxygen atoms in total. The number of carboxylic acid groups (broad SMARTS) is 5. The van der Waals surface area contributed by atoms with Crippen molar-refractivity contribution in [1.29, 1.82) is 0 Å². The molecule has 0 aliphatic carbocycles. The van der Waals surface area contributed by atoms with Gasteiger partial charge >= 0.3 is 29.8 Å². The molecule has 0 aliphatic heterocycles. The van der Waals surface area contributed by atoms with E-state index in [4.69, 9.17) is 0 Å². The van der Waals surface area contributed by atoms with Crippen LogP contribution in [0.5, 0.6) is 0 Å². The molecule has 5 N–H and O–H groups in total. The molecule has 2 unspecified atom stereocenters. The van der Waals surface area contributed by atoms with Crippen LogP contribution in [-0.4, -0.2) is 128 Å². The molecule has 282 valence electrons. The minimum atomic E-state index is -1.92. The summed E-state index contributed by atoms with van der Waals surface area (Å²) in [6.07, 6.45) is 6.55. The summed E-state index contributed by atoms with van der Waals surface area (Å²) in [6.45, 7) is 4.40. The fourth-order valence-electron chi connectivity index (χ4n) is 6.28. The number of hydrogen-bond donors (Lipinski definition) is 5. The SMILES string of the molecule is CCCCc1ccc(CC(CN(CC(=O)O)CC(Cc2ccc(CCCC)cc2)N(CC(=O)O)CC(C(=O)O)C(=O)O)N(CC)CC(=O)O)cc1. The van der Waals surface area contributed by atoms with Crippen molar-refractivity contribution in [3.63, 3.8) is 0 Å². The number of rotatable bonds is 27. The van der Waals surface area contributed by atoms with Gasteiger partial charge in [0.25, 0.3) is 0 Å². The van der Waals surface area contributed by atoms with Crippen molar-refractivity contribution in [2.24, 2.45) is 5.92 Å². The molecule has 0 saturated carbocycles. The van der Waals surface area contributed by atoms with Crippen molar-refractivity contribution >= 4 is 29.8 Å². The van der Waals surface area contributed by atoms with Gasteiger partial charge in [-0.2, -0.15) is 0 Å². The molecule has 2 aromatic carbocycles. The van der Waals surface area contributed by atoms with E-state index in [0.29, 0.717) is 13.0 Å². The number of aryl methyl sites for hydroxylation is 2. The molecule has 51 heavy (non-hydrogen) atoms. The Labute approximate surface area is 300 Å². The van der Waals surface area contributed by atoms with Crippen molar-refractivity contribution in [3.8, 4) is 0 Å². The third-order valence-corrected chi connectivity index (χ3v) is 9.05. The van der Waals surface area contributed by atoms with Gasteiger partial charge < -0.3 is 25.5 Å². The molecule has 0 bridgehead atoms. The Balaban J connectivity index is 2.56. The monoisotopic (exact) mass is 713 g/mol. The first-order chi connectivity index (χ1) is 24.3. The van der Waals surface area contributed by atoms with Gasteiger partial charge in [0.2, 0.25) is 0 Å². The van der Waals surface area contributed by atoms with Crippen molar-refractivity contribution in [1.82, 2.24) is 14.7 Å². The van der Waals surface area contributed by atoms with Gasteiger partial charge in [-0.25, -0.2) is 0 Å². The van der Waals surface area contributed by atoms with E-state index in [1.807, 2.05) is 55.5 Å². The van der Waals surface area contributed by atoms with Gasteiger partial charge in [0.05, 0.1) is 19.6 Å². The summed E-state index contributed by atoms with van der Waals surface area (Å²) in [6, 6.07) is 14.5. The van der Waals surface area contributed by atoms with Gasteiger partial charge in [-0.05, 0) is 67.3 Å². The summed E-state index contributed by atoms with van der Waals surface area (Å²) in [5, 5.41) is 48.9. The van der Waals surface area contributed by atoms with Crippen molar-refractivity contribution in [3.05, 3.63) is 70.8 Å². The van der Waals surface area contributed by atoms with Crippen LogP contribution in [0.3, 0.4) is 0 Å². The highest BCUT2D eigenvalue weighted by atomic mass is 16.4. The lowest BCUT2D eigenvalue weighted by molar-refractivity contribution is -0.157. The Hall–Kier alpha value is -4.33. The van der Waals surface area contributed by atoms with Gasteiger partial charge in [-0.1, -0.05) is 82.1 Å². The number of carboxylic acids is 5. The first-order valence-electron chi connectivity index (χ1n) is 17.7. The summed E-state index contributed by atoms with van der Waals surface area (Å²) >= 11 is 0. The Bertz CT molecular complexity index is 1390. The highest BCUT2D eigenvalue weighted by Crippen LogP contribution is 2.19. The quantitative estimate of drug-likeness (QED) is 0.0838. The summed E-state index contributed by atoms with van der Waals surface area (Å²) < 4.78 is 0. The minimum absolute atomic E-state index is 0.0554. The molecule has 2 rings (SSSR count). The first-order valence-corrected chi connectivity index (χ1v) is 17.7. The van der Waals surface area contributed by atoms with E-state index in [1.54, 1.807) is 9.80 Å². The van der Waals surface area contributed by atoms with Crippen molar-refractivity contribution in [2.45, 2.75) is 84.2 Å². The van der Waals surface area contributed by atoms with Gasteiger partial charge in [0.15, 0.2) is 5.92 Å². The van der Waals surface area contributed by atoms with Crippen molar-refractivity contribution in [2.75, 3.05) is 45.8 Å². The molecule has 0 aromatic heterocycles. The van der Waals surface area contributed by atoms with Gasteiger partial charge in [-0.3, -0.25) is 38.7 Å². The molecule has 0 saturated heterocycles. The Morgan fingerprint density at radius 2 is 0.902 bits per heavy atom. The predicted octanol–water partition coefficient (Wildman–Crippen LogP) is 3.86. The van der Waals surface area contributed by atoms with E-state index in [-0.39, 0.29) is 26.1 Å². The van der Waals surface area contributed by atoms with Crippen LogP contribution >= 0.6 is 0 Å². The number of carbonyl (C=O) groups is 5. The standard InChI is InChI=1S/C38H55N3O10/c1-4-7-9-27-11-15-29(16-12-27)19-31(40(6-3)25-35(44)45)21-39(24-34(42)43)22-32(20-30-17-13-28(14-18-30)10-8-5-2)41(26-36(46)47)23-33(37(48)49)38(50)51/h11-18,31-33H,4-10,19-26H2,1-3H3,(H,42,43)(H,44,45)(H,46,47)(H,48,49)(H,50,51). The number of likely N-dealkylation sites (N-methyl/N-ethyl adjacent to an activating group) is 1. The maximum absolute atomic E-state index is 12.2. The van der Waals surface area contributed by atoms with E-state index in [0.717, 1.165) is 55.2 Å². The molecule has 2 aromatic rings. The highest BCUT2D eigenvalue weighted by molar-refractivity contribution is 5.93. The summed E-state index contributed by atoms with van der Waals surface area (Å²) in [5.74, 6) is -8.65. The maximum Gasteiger partial charge on any atom is 0.319 e. The van der Waals surface area contributed by atoms with Gasteiger partial charge in [0, 0.05) is 31.7 Å². The van der Waals surface area contributed by atoms with Crippen LogP contribution in [0, 0.1) is 5.92 Å². The van der Waals surface area contributed by atoms with E-state index in [1.165, 1.54) is 10.5 Å². The minimum Gasteiger partial charge on any atom is -0.481 e. The molecular formula is C38H55N3O10. The Morgan fingerprint density at radius 3 is 1.25 bits per heavy atom. The van der Waals surface area contributed by atoms with Crippen molar-refractivity contribution < 1.29 is 49.5 Å². The van der Waals surface area contributed by atoms with Crippen LogP contribution in [0.25, 0.3) is 0 Å². The molecule has 0 fully saturated rings. The van der Waals surface area contributed by atoms with Crippen LogP contribution in [0.2, 0.25) is 0 Å². The zero-order valence-corrected chi connectivity index (χ0v) is 30.1. The molecule has 0 radical (unpaired) electrons. The van der Waals surface area contributed by atoms with Crippen LogP contribution in [0.1, 0.15) is 68.7 Å². The number of aliphatic carboxylic acids is 5. The molecular weight excluding hydrogens is 658 g/mol. The second kappa shape index (κ2) is 22.5. The Morgan fingerprint density at radius 1 is 0.529 bits per heavy atom.